The van der Waals surface area contributed by atoms with Gasteiger partial charge in [0.2, 0.25) is 0 Å². The van der Waals surface area contributed by atoms with Crippen molar-refractivity contribution in [2.24, 2.45) is 5.92 Å². The molecule has 1 unspecified atom stereocenters. The molecule has 0 N–H and O–H groups in total. The highest BCUT2D eigenvalue weighted by Gasteiger charge is 2.19. The molecule has 0 aliphatic carbocycles. The van der Waals surface area contributed by atoms with Crippen molar-refractivity contribution in [3.05, 3.63) is 0 Å². The average molecular weight is 892 g/mol. The third-order valence-corrected chi connectivity index (χ3v) is 13.4. The third-order valence-electron chi connectivity index (χ3n) is 13.4. The first-order chi connectivity index (χ1) is 30.9. The quantitative estimate of drug-likeness (QED) is 0.0344. The summed E-state index contributed by atoms with van der Waals surface area (Å²) in [7, 11) is 0. The van der Waals surface area contributed by atoms with E-state index < -0.39 is 6.10 Å². The zero-order chi connectivity index (χ0) is 45.9. The van der Waals surface area contributed by atoms with E-state index in [1.54, 1.807) is 0 Å². The topological polar surface area (TPSA) is 78.9 Å². The summed E-state index contributed by atoms with van der Waals surface area (Å²) in [6, 6.07) is 0. The van der Waals surface area contributed by atoms with Crippen LogP contribution in [0.3, 0.4) is 0 Å². The molecule has 2 atom stereocenters. The van der Waals surface area contributed by atoms with E-state index >= 15 is 0 Å². The highest BCUT2D eigenvalue weighted by molar-refractivity contribution is 5.71. The number of hydrogen-bond acceptors (Lipinski definition) is 6. The van der Waals surface area contributed by atoms with E-state index in [4.69, 9.17) is 14.2 Å². The van der Waals surface area contributed by atoms with Crippen LogP contribution in [0.4, 0.5) is 0 Å². The molecule has 374 valence electrons. The van der Waals surface area contributed by atoms with Gasteiger partial charge in [-0.15, -0.1) is 0 Å². The highest BCUT2D eigenvalue weighted by Crippen LogP contribution is 2.18. The van der Waals surface area contributed by atoms with Crippen molar-refractivity contribution in [3.8, 4) is 0 Å². The number of unbranched alkanes of at least 4 members (excludes halogenated alkanes) is 38. The minimum Gasteiger partial charge on any atom is -0.462 e. The van der Waals surface area contributed by atoms with E-state index in [0.29, 0.717) is 19.3 Å². The van der Waals surface area contributed by atoms with Crippen LogP contribution in [0.25, 0.3) is 0 Å². The Morgan fingerprint density at radius 2 is 0.556 bits per heavy atom. The van der Waals surface area contributed by atoms with Crippen LogP contribution in [-0.2, 0) is 28.6 Å². The first kappa shape index (κ1) is 61.4. The van der Waals surface area contributed by atoms with Gasteiger partial charge in [0.1, 0.15) is 13.2 Å². The summed E-state index contributed by atoms with van der Waals surface area (Å²) in [6.07, 6.45) is 55.3. The molecule has 6 nitrogen and oxygen atoms in total. The van der Waals surface area contributed by atoms with Crippen LogP contribution < -0.4 is 0 Å². The fraction of sp³-hybridized carbons (Fsp3) is 0.947. The first-order valence-electron chi connectivity index (χ1n) is 28.4. The van der Waals surface area contributed by atoms with Crippen LogP contribution in [0.1, 0.15) is 323 Å². The zero-order valence-electron chi connectivity index (χ0n) is 43.0. The lowest BCUT2D eigenvalue weighted by atomic mass is 10.00. The van der Waals surface area contributed by atoms with Gasteiger partial charge in [-0.25, -0.2) is 0 Å². The monoisotopic (exact) mass is 891 g/mol. The largest absolute Gasteiger partial charge is 0.462 e. The lowest BCUT2D eigenvalue weighted by Crippen LogP contribution is -2.30. The van der Waals surface area contributed by atoms with Gasteiger partial charge in [-0.1, -0.05) is 285 Å². The van der Waals surface area contributed by atoms with Crippen LogP contribution in [0.15, 0.2) is 0 Å². The van der Waals surface area contributed by atoms with E-state index in [-0.39, 0.29) is 31.1 Å². The van der Waals surface area contributed by atoms with Gasteiger partial charge < -0.3 is 14.2 Å². The van der Waals surface area contributed by atoms with Crippen molar-refractivity contribution in [1.82, 2.24) is 0 Å². The SMILES string of the molecule is CCCCCCCCCCCCCCCCCCCCC(=O)OC[C@H](COC(=O)CCCCCCCCC(C)CC)OC(=O)CCCCCCCCCCCCCCCCCCC. The van der Waals surface area contributed by atoms with Crippen molar-refractivity contribution in [1.29, 1.82) is 0 Å². The fourth-order valence-electron chi connectivity index (χ4n) is 8.72. The number of carbonyl (C=O) groups excluding carboxylic acids is 3. The molecule has 6 heteroatoms. The summed E-state index contributed by atoms with van der Waals surface area (Å²) in [5.41, 5.74) is 0. The van der Waals surface area contributed by atoms with Gasteiger partial charge in [0.15, 0.2) is 6.10 Å². The average Bonchev–Trinajstić information content (AvgIpc) is 3.28. The lowest BCUT2D eigenvalue weighted by Gasteiger charge is -2.18. The predicted octanol–water partition coefficient (Wildman–Crippen LogP) is 18.6. The third kappa shape index (κ3) is 49.7. The summed E-state index contributed by atoms with van der Waals surface area (Å²) >= 11 is 0. The molecule has 0 aromatic rings. The van der Waals surface area contributed by atoms with Gasteiger partial charge in [-0.2, -0.15) is 0 Å². The van der Waals surface area contributed by atoms with Gasteiger partial charge in [0, 0.05) is 19.3 Å². The van der Waals surface area contributed by atoms with Crippen LogP contribution in [0, 0.1) is 5.92 Å². The Bertz CT molecular complexity index is 951. The Labute approximate surface area is 393 Å². The van der Waals surface area contributed by atoms with Crippen molar-refractivity contribution >= 4 is 17.9 Å². The normalized spacial score (nSPS) is 12.4. The Kier molecular flexibility index (Phi) is 50.1. The smallest absolute Gasteiger partial charge is 0.306 e. The van der Waals surface area contributed by atoms with Crippen molar-refractivity contribution in [2.45, 2.75) is 329 Å². The zero-order valence-corrected chi connectivity index (χ0v) is 43.0. The predicted molar refractivity (Wildman–Crippen MR) is 270 cm³/mol. The van der Waals surface area contributed by atoms with E-state index in [9.17, 15) is 14.4 Å². The van der Waals surface area contributed by atoms with Gasteiger partial charge in [0.25, 0.3) is 0 Å². The van der Waals surface area contributed by atoms with E-state index in [2.05, 4.69) is 27.7 Å². The number of hydrogen-bond donors (Lipinski definition) is 0. The Hall–Kier alpha value is -1.59. The van der Waals surface area contributed by atoms with Crippen molar-refractivity contribution < 1.29 is 28.6 Å². The summed E-state index contributed by atoms with van der Waals surface area (Å²) in [4.78, 5) is 38.0. The molecule has 0 aliphatic rings. The Balaban J connectivity index is 4.25. The first-order valence-corrected chi connectivity index (χ1v) is 28.4. The van der Waals surface area contributed by atoms with Gasteiger partial charge >= 0.3 is 17.9 Å². The van der Waals surface area contributed by atoms with Crippen LogP contribution in [-0.4, -0.2) is 37.2 Å². The second kappa shape index (κ2) is 51.4. The highest BCUT2D eigenvalue weighted by atomic mass is 16.6. The molecule has 0 aliphatic heterocycles. The van der Waals surface area contributed by atoms with Crippen molar-refractivity contribution in [3.63, 3.8) is 0 Å². The molecular formula is C57H110O6. The number of rotatable bonds is 52. The number of carbonyl (C=O) groups is 3. The summed E-state index contributed by atoms with van der Waals surface area (Å²) in [5.74, 6) is -0.0272. The summed E-state index contributed by atoms with van der Waals surface area (Å²) in [5, 5.41) is 0. The van der Waals surface area contributed by atoms with Gasteiger partial charge in [0.05, 0.1) is 0 Å². The van der Waals surface area contributed by atoms with Crippen LogP contribution in [0.5, 0.6) is 0 Å². The molecule has 0 aromatic heterocycles. The molecule has 0 amide bonds. The maximum atomic E-state index is 12.8. The molecule has 0 heterocycles. The molecule has 0 saturated heterocycles. The second-order valence-corrected chi connectivity index (χ2v) is 19.8. The molecule has 63 heavy (non-hydrogen) atoms. The number of ether oxygens (including phenoxy) is 3. The van der Waals surface area contributed by atoms with E-state index in [1.165, 1.54) is 218 Å². The second-order valence-electron chi connectivity index (χ2n) is 19.8. The Morgan fingerprint density at radius 3 is 0.825 bits per heavy atom. The summed E-state index contributed by atoms with van der Waals surface area (Å²) in [6.45, 7) is 9.02. The lowest BCUT2D eigenvalue weighted by molar-refractivity contribution is -0.167. The van der Waals surface area contributed by atoms with E-state index in [1.807, 2.05) is 0 Å². The molecule has 0 saturated carbocycles. The standard InChI is InChI=1S/C57H110O6/c1-5-8-10-12-14-16-18-20-22-24-26-27-29-31-33-35-40-44-48-55(58)61-51-54(52-62-56(59)49-45-41-38-37-39-43-47-53(4)7-3)63-57(60)50-46-42-36-34-32-30-28-25-23-21-19-17-15-13-11-9-6-2/h53-54H,5-52H2,1-4H3/t53?,54-/m1/s1. The molecule has 0 bridgehead atoms. The van der Waals surface area contributed by atoms with Crippen LogP contribution in [0.2, 0.25) is 0 Å². The summed E-state index contributed by atoms with van der Waals surface area (Å²) < 4.78 is 16.9. The van der Waals surface area contributed by atoms with Gasteiger partial charge in [-0.3, -0.25) is 14.4 Å². The van der Waals surface area contributed by atoms with E-state index in [0.717, 1.165) is 63.7 Å². The molecule has 0 fully saturated rings. The molecule has 0 spiro atoms. The maximum absolute atomic E-state index is 12.8. The molecule has 0 aromatic carbocycles. The van der Waals surface area contributed by atoms with Gasteiger partial charge in [-0.05, 0) is 25.2 Å². The minimum atomic E-state index is -0.762. The molecule has 0 rings (SSSR count). The van der Waals surface area contributed by atoms with Crippen LogP contribution >= 0.6 is 0 Å². The minimum absolute atomic E-state index is 0.0629. The number of esters is 3. The molecule has 0 radical (unpaired) electrons. The molecular weight excluding hydrogens is 781 g/mol. The fourth-order valence-corrected chi connectivity index (χ4v) is 8.72. The maximum Gasteiger partial charge on any atom is 0.306 e. The Morgan fingerprint density at radius 1 is 0.317 bits per heavy atom. The van der Waals surface area contributed by atoms with Crippen molar-refractivity contribution in [2.75, 3.05) is 13.2 Å².